The molecule has 1 aliphatic heterocycles. The Morgan fingerprint density at radius 3 is 2.12 bits per heavy atom. The fourth-order valence-electron chi connectivity index (χ4n) is 5.17. The van der Waals surface area contributed by atoms with Crippen LogP contribution in [0.3, 0.4) is 0 Å². The standard InChI is InChI=1S/C31H24BrN/c1-31(2)27-18-14-23-10-6-7-11-26(23)30(27)33(29-19-15-24(32)20-28(29)31)25-16-12-22(13-17-25)21-8-4-3-5-9-21/h3-20H,1-2H3. The molecule has 0 radical (unpaired) electrons. The van der Waals surface area contributed by atoms with Crippen LogP contribution >= 0.6 is 15.9 Å². The molecule has 160 valence electrons. The molecule has 6 rings (SSSR count). The number of hydrogen-bond acceptors (Lipinski definition) is 1. The van der Waals surface area contributed by atoms with Crippen molar-refractivity contribution in [3.63, 3.8) is 0 Å². The van der Waals surface area contributed by atoms with Crippen LogP contribution in [0.2, 0.25) is 0 Å². The molecule has 0 fully saturated rings. The molecule has 1 aliphatic rings. The molecule has 0 N–H and O–H groups in total. The predicted octanol–water partition coefficient (Wildman–Crippen LogP) is 9.38. The molecule has 0 bridgehead atoms. The highest BCUT2D eigenvalue weighted by Gasteiger charge is 2.38. The first kappa shape index (κ1) is 20.3. The lowest BCUT2D eigenvalue weighted by atomic mass is 9.72. The third-order valence-electron chi connectivity index (χ3n) is 6.90. The van der Waals surface area contributed by atoms with Gasteiger partial charge in [-0.3, -0.25) is 0 Å². The van der Waals surface area contributed by atoms with E-state index in [-0.39, 0.29) is 5.41 Å². The van der Waals surface area contributed by atoms with Crippen LogP contribution in [0.5, 0.6) is 0 Å². The molecule has 0 aliphatic carbocycles. The van der Waals surface area contributed by atoms with E-state index in [2.05, 4.69) is 144 Å². The average molecular weight is 490 g/mol. The maximum atomic E-state index is 3.71. The van der Waals surface area contributed by atoms with Gasteiger partial charge in [-0.15, -0.1) is 0 Å². The lowest BCUT2D eigenvalue weighted by Gasteiger charge is -2.43. The molecular formula is C31H24BrN. The van der Waals surface area contributed by atoms with E-state index in [0.717, 1.165) is 4.47 Å². The molecule has 33 heavy (non-hydrogen) atoms. The first-order chi connectivity index (χ1) is 16.0. The van der Waals surface area contributed by atoms with Crippen LogP contribution in [0, 0.1) is 0 Å². The second kappa shape index (κ2) is 7.60. The number of anilines is 3. The zero-order chi connectivity index (χ0) is 22.6. The Morgan fingerprint density at radius 1 is 0.636 bits per heavy atom. The third-order valence-corrected chi connectivity index (χ3v) is 7.40. The summed E-state index contributed by atoms with van der Waals surface area (Å²) in [7, 11) is 0. The summed E-state index contributed by atoms with van der Waals surface area (Å²) < 4.78 is 1.11. The van der Waals surface area contributed by atoms with Crippen molar-refractivity contribution >= 4 is 43.8 Å². The summed E-state index contributed by atoms with van der Waals surface area (Å²) in [5, 5.41) is 2.54. The molecule has 0 unspecified atom stereocenters. The summed E-state index contributed by atoms with van der Waals surface area (Å²) >= 11 is 3.71. The van der Waals surface area contributed by atoms with Gasteiger partial charge in [0.25, 0.3) is 0 Å². The first-order valence-corrected chi connectivity index (χ1v) is 12.1. The summed E-state index contributed by atoms with van der Waals surface area (Å²) in [5.41, 5.74) is 8.71. The fourth-order valence-corrected chi connectivity index (χ4v) is 5.53. The molecule has 5 aromatic rings. The fraction of sp³-hybridized carbons (Fsp3) is 0.0968. The molecule has 0 atom stereocenters. The van der Waals surface area contributed by atoms with E-state index in [9.17, 15) is 0 Å². The topological polar surface area (TPSA) is 3.24 Å². The lowest BCUT2D eigenvalue weighted by molar-refractivity contribution is 0.632. The summed E-state index contributed by atoms with van der Waals surface area (Å²) in [6, 6.07) is 39.5. The minimum Gasteiger partial charge on any atom is -0.309 e. The molecule has 5 aromatic carbocycles. The highest BCUT2D eigenvalue weighted by Crippen LogP contribution is 2.54. The number of rotatable bonds is 2. The highest BCUT2D eigenvalue weighted by atomic mass is 79.9. The molecular weight excluding hydrogens is 466 g/mol. The monoisotopic (exact) mass is 489 g/mol. The maximum absolute atomic E-state index is 3.71. The van der Waals surface area contributed by atoms with Gasteiger partial charge in [0.1, 0.15) is 0 Å². The second-order valence-corrected chi connectivity index (χ2v) is 10.1. The van der Waals surface area contributed by atoms with Gasteiger partial charge in [0.2, 0.25) is 0 Å². The van der Waals surface area contributed by atoms with Crippen molar-refractivity contribution in [3.8, 4) is 11.1 Å². The minimum absolute atomic E-state index is 0.112. The number of fused-ring (bicyclic) bond motifs is 4. The number of hydrogen-bond donors (Lipinski definition) is 0. The molecule has 1 nitrogen and oxygen atoms in total. The maximum Gasteiger partial charge on any atom is 0.0581 e. The van der Waals surface area contributed by atoms with Crippen LogP contribution in [0.25, 0.3) is 21.9 Å². The Bertz CT molecular complexity index is 1480. The van der Waals surface area contributed by atoms with Crippen LogP contribution in [0.15, 0.2) is 114 Å². The number of nitrogens with zero attached hydrogens (tertiary/aromatic N) is 1. The van der Waals surface area contributed by atoms with Gasteiger partial charge in [-0.25, -0.2) is 0 Å². The Morgan fingerprint density at radius 2 is 1.33 bits per heavy atom. The van der Waals surface area contributed by atoms with Gasteiger partial charge in [0.15, 0.2) is 0 Å². The van der Waals surface area contributed by atoms with E-state index in [0.29, 0.717) is 0 Å². The Hall–Kier alpha value is -3.36. The third kappa shape index (κ3) is 3.20. The average Bonchev–Trinajstić information content (AvgIpc) is 2.85. The molecule has 1 heterocycles. The smallest absolute Gasteiger partial charge is 0.0581 e. The van der Waals surface area contributed by atoms with Crippen LogP contribution < -0.4 is 4.90 Å². The zero-order valence-corrected chi connectivity index (χ0v) is 20.3. The second-order valence-electron chi connectivity index (χ2n) is 9.22. The van der Waals surface area contributed by atoms with Gasteiger partial charge in [0, 0.05) is 21.0 Å². The van der Waals surface area contributed by atoms with Gasteiger partial charge >= 0.3 is 0 Å². The SMILES string of the molecule is CC1(C)c2cc(Br)ccc2N(c2ccc(-c3ccccc3)cc2)c2c1ccc1ccccc21. The number of halogens is 1. The van der Waals surface area contributed by atoms with E-state index >= 15 is 0 Å². The quantitative estimate of drug-likeness (QED) is 0.238. The van der Waals surface area contributed by atoms with Crippen molar-refractivity contribution in [2.45, 2.75) is 19.3 Å². The zero-order valence-electron chi connectivity index (χ0n) is 18.7. The van der Waals surface area contributed by atoms with Crippen molar-refractivity contribution in [2.24, 2.45) is 0 Å². The largest absolute Gasteiger partial charge is 0.309 e. The van der Waals surface area contributed by atoms with Gasteiger partial charge in [-0.2, -0.15) is 0 Å². The molecule has 0 saturated heterocycles. The van der Waals surface area contributed by atoms with Crippen molar-refractivity contribution in [1.29, 1.82) is 0 Å². The predicted molar refractivity (Wildman–Crippen MR) is 144 cm³/mol. The van der Waals surface area contributed by atoms with Crippen LogP contribution in [-0.2, 0) is 5.41 Å². The van der Waals surface area contributed by atoms with Crippen LogP contribution in [-0.4, -0.2) is 0 Å². The van der Waals surface area contributed by atoms with Crippen LogP contribution in [0.1, 0.15) is 25.0 Å². The molecule has 0 aromatic heterocycles. The normalized spacial score (nSPS) is 14.1. The summed E-state index contributed by atoms with van der Waals surface area (Å²) in [4.78, 5) is 2.44. The Balaban J connectivity index is 1.62. The highest BCUT2D eigenvalue weighted by molar-refractivity contribution is 9.10. The van der Waals surface area contributed by atoms with Gasteiger partial charge in [-0.05, 0) is 58.0 Å². The molecule has 2 heteroatoms. The summed E-state index contributed by atoms with van der Waals surface area (Å²) in [5.74, 6) is 0. The molecule has 0 amide bonds. The van der Waals surface area contributed by atoms with Crippen molar-refractivity contribution in [2.75, 3.05) is 4.90 Å². The molecule has 0 saturated carbocycles. The van der Waals surface area contributed by atoms with Crippen molar-refractivity contribution in [1.82, 2.24) is 0 Å². The molecule has 0 spiro atoms. The van der Waals surface area contributed by atoms with E-state index < -0.39 is 0 Å². The Kier molecular flexibility index (Phi) is 4.67. The minimum atomic E-state index is -0.112. The van der Waals surface area contributed by atoms with E-state index in [1.54, 1.807) is 0 Å². The van der Waals surface area contributed by atoms with Crippen molar-refractivity contribution < 1.29 is 0 Å². The lowest BCUT2D eigenvalue weighted by Crippen LogP contribution is -2.30. The van der Waals surface area contributed by atoms with E-state index in [1.165, 1.54) is 50.1 Å². The van der Waals surface area contributed by atoms with Gasteiger partial charge < -0.3 is 4.90 Å². The van der Waals surface area contributed by atoms with E-state index in [1.807, 2.05) is 0 Å². The number of benzene rings is 5. The summed E-state index contributed by atoms with van der Waals surface area (Å²) in [6.07, 6.45) is 0. The first-order valence-electron chi connectivity index (χ1n) is 11.3. The van der Waals surface area contributed by atoms with Crippen molar-refractivity contribution in [3.05, 3.63) is 125 Å². The Labute approximate surface area is 203 Å². The summed E-state index contributed by atoms with van der Waals surface area (Å²) in [6.45, 7) is 4.67. The van der Waals surface area contributed by atoms with Gasteiger partial charge in [-0.1, -0.05) is 109 Å². The van der Waals surface area contributed by atoms with Gasteiger partial charge in [0.05, 0.1) is 11.4 Å². The van der Waals surface area contributed by atoms with E-state index in [4.69, 9.17) is 0 Å². The van der Waals surface area contributed by atoms with Crippen LogP contribution in [0.4, 0.5) is 17.1 Å².